The number of halogens is 3. The van der Waals surface area contributed by atoms with Gasteiger partial charge in [0.25, 0.3) is 0 Å². The molecule has 0 spiro atoms. The summed E-state index contributed by atoms with van der Waals surface area (Å²) in [5.74, 6) is -0.218. The molecule has 2 aromatic rings. The van der Waals surface area contributed by atoms with Gasteiger partial charge in [0.15, 0.2) is 0 Å². The third-order valence-corrected chi connectivity index (χ3v) is 3.37. The summed E-state index contributed by atoms with van der Waals surface area (Å²) in [6.45, 7) is 1.90. The van der Waals surface area contributed by atoms with Crippen LogP contribution >= 0.6 is 0 Å². The molecular formula is C16H15F3N2. The molecule has 0 fully saturated rings. The number of alkyl halides is 3. The summed E-state index contributed by atoms with van der Waals surface area (Å²) in [7, 11) is 0. The van der Waals surface area contributed by atoms with Crippen LogP contribution in [0.5, 0.6) is 0 Å². The first kappa shape index (κ1) is 15.2. The van der Waals surface area contributed by atoms with Crippen LogP contribution in [0.1, 0.15) is 30.4 Å². The number of pyridine rings is 1. The molecule has 0 unspecified atom stereocenters. The molecule has 110 valence electrons. The lowest BCUT2D eigenvalue weighted by Gasteiger charge is -2.17. The predicted molar refractivity (Wildman–Crippen MR) is 76.5 cm³/mol. The molecule has 0 saturated carbocycles. The Kier molecular flexibility index (Phi) is 4.40. The van der Waals surface area contributed by atoms with Crippen LogP contribution in [0.15, 0.2) is 42.6 Å². The van der Waals surface area contributed by atoms with Gasteiger partial charge < -0.3 is 5.41 Å². The smallest absolute Gasteiger partial charge is 0.312 e. The maximum atomic E-state index is 13.1. The SMILES string of the molecule is CC[C@@H](C=N)c1ccccc1-c1ncccc1C(F)(F)F. The molecule has 0 saturated heterocycles. The zero-order chi connectivity index (χ0) is 15.5. The van der Waals surface area contributed by atoms with Gasteiger partial charge in [0.1, 0.15) is 0 Å². The number of rotatable bonds is 4. The average Bonchev–Trinajstić information content (AvgIpc) is 2.48. The Morgan fingerprint density at radius 1 is 1.19 bits per heavy atom. The first-order valence-corrected chi connectivity index (χ1v) is 6.61. The Morgan fingerprint density at radius 3 is 2.52 bits per heavy atom. The second kappa shape index (κ2) is 6.08. The molecule has 1 atom stereocenters. The van der Waals surface area contributed by atoms with Crippen molar-refractivity contribution < 1.29 is 13.2 Å². The van der Waals surface area contributed by atoms with Crippen molar-refractivity contribution >= 4 is 6.21 Å². The first-order valence-electron chi connectivity index (χ1n) is 6.61. The van der Waals surface area contributed by atoms with E-state index < -0.39 is 11.7 Å². The highest BCUT2D eigenvalue weighted by Crippen LogP contribution is 2.38. The molecule has 0 radical (unpaired) electrons. The first-order chi connectivity index (χ1) is 9.99. The van der Waals surface area contributed by atoms with Gasteiger partial charge in [-0.1, -0.05) is 31.2 Å². The maximum Gasteiger partial charge on any atom is 0.418 e. The van der Waals surface area contributed by atoms with Crippen LogP contribution in [0.2, 0.25) is 0 Å². The third-order valence-electron chi connectivity index (χ3n) is 3.37. The third kappa shape index (κ3) is 3.12. The summed E-state index contributed by atoms with van der Waals surface area (Å²) >= 11 is 0. The van der Waals surface area contributed by atoms with Gasteiger partial charge in [-0.25, -0.2) is 0 Å². The molecule has 21 heavy (non-hydrogen) atoms. The minimum atomic E-state index is -4.46. The fourth-order valence-corrected chi connectivity index (χ4v) is 2.31. The van der Waals surface area contributed by atoms with Crippen LogP contribution < -0.4 is 0 Å². The van der Waals surface area contributed by atoms with Crippen LogP contribution in [0.3, 0.4) is 0 Å². The van der Waals surface area contributed by atoms with E-state index in [-0.39, 0.29) is 11.6 Å². The summed E-state index contributed by atoms with van der Waals surface area (Å²) in [5, 5.41) is 7.47. The quantitative estimate of drug-likeness (QED) is 0.799. The summed E-state index contributed by atoms with van der Waals surface area (Å²) in [5.41, 5.74) is 0.290. The van der Waals surface area contributed by atoms with E-state index in [9.17, 15) is 13.2 Å². The van der Waals surface area contributed by atoms with E-state index in [4.69, 9.17) is 5.41 Å². The van der Waals surface area contributed by atoms with Crippen molar-refractivity contribution in [3.63, 3.8) is 0 Å². The molecule has 0 aliphatic rings. The Balaban J connectivity index is 2.66. The van der Waals surface area contributed by atoms with Crippen molar-refractivity contribution in [1.29, 1.82) is 5.41 Å². The second-order valence-corrected chi connectivity index (χ2v) is 4.67. The molecule has 1 heterocycles. The van der Waals surface area contributed by atoms with Crippen LogP contribution in [0, 0.1) is 5.41 Å². The van der Waals surface area contributed by atoms with E-state index in [0.29, 0.717) is 17.5 Å². The van der Waals surface area contributed by atoms with E-state index in [1.165, 1.54) is 18.5 Å². The Hall–Kier alpha value is -2.17. The van der Waals surface area contributed by atoms with Crippen molar-refractivity contribution in [2.24, 2.45) is 0 Å². The lowest BCUT2D eigenvalue weighted by atomic mass is 9.90. The van der Waals surface area contributed by atoms with Gasteiger partial charge in [-0.05, 0) is 24.1 Å². The van der Waals surface area contributed by atoms with Crippen molar-refractivity contribution in [2.45, 2.75) is 25.4 Å². The van der Waals surface area contributed by atoms with E-state index in [1.807, 2.05) is 6.92 Å². The summed E-state index contributed by atoms with van der Waals surface area (Å²) in [6.07, 6.45) is -1.19. The van der Waals surface area contributed by atoms with Gasteiger partial charge in [0.2, 0.25) is 0 Å². The molecule has 0 bridgehead atoms. The summed E-state index contributed by atoms with van der Waals surface area (Å²) in [4.78, 5) is 3.93. The standard InChI is InChI=1S/C16H15F3N2/c1-2-11(10-20)12-6-3-4-7-13(12)15-14(16(17,18)19)8-5-9-21-15/h3-11,20H,2H2,1H3/t11-/m0/s1. The molecule has 1 aromatic carbocycles. The highest BCUT2D eigenvalue weighted by molar-refractivity contribution is 5.75. The summed E-state index contributed by atoms with van der Waals surface area (Å²) < 4.78 is 39.4. The monoisotopic (exact) mass is 292 g/mol. The lowest BCUT2D eigenvalue weighted by Crippen LogP contribution is -2.10. The number of aromatic nitrogens is 1. The number of hydrogen-bond donors (Lipinski definition) is 1. The van der Waals surface area contributed by atoms with Crippen molar-refractivity contribution in [2.75, 3.05) is 0 Å². The van der Waals surface area contributed by atoms with Gasteiger partial charge in [0, 0.05) is 23.9 Å². The minimum Gasteiger partial charge on any atom is -0.312 e. The number of nitrogens with zero attached hydrogens (tertiary/aromatic N) is 1. The minimum absolute atomic E-state index is 0.0825. The summed E-state index contributed by atoms with van der Waals surface area (Å²) in [6, 6.07) is 9.14. The number of nitrogens with one attached hydrogen (secondary N) is 1. The molecule has 2 rings (SSSR count). The van der Waals surface area contributed by atoms with Gasteiger partial charge in [-0.2, -0.15) is 13.2 Å². The predicted octanol–water partition coefficient (Wildman–Crippen LogP) is 4.91. The lowest BCUT2D eigenvalue weighted by molar-refractivity contribution is -0.137. The van der Waals surface area contributed by atoms with E-state index in [0.717, 1.165) is 6.07 Å². The van der Waals surface area contributed by atoms with Gasteiger partial charge in [-0.3, -0.25) is 4.98 Å². The largest absolute Gasteiger partial charge is 0.418 e. The van der Waals surface area contributed by atoms with E-state index in [2.05, 4.69) is 4.98 Å². The molecule has 0 aliphatic carbocycles. The fourth-order valence-electron chi connectivity index (χ4n) is 2.31. The van der Waals surface area contributed by atoms with E-state index >= 15 is 0 Å². The highest BCUT2D eigenvalue weighted by atomic mass is 19.4. The average molecular weight is 292 g/mol. The molecular weight excluding hydrogens is 277 g/mol. The molecule has 1 aromatic heterocycles. The second-order valence-electron chi connectivity index (χ2n) is 4.67. The number of benzene rings is 1. The zero-order valence-corrected chi connectivity index (χ0v) is 11.5. The van der Waals surface area contributed by atoms with Crippen LogP contribution in [0.4, 0.5) is 13.2 Å². The van der Waals surface area contributed by atoms with Gasteiger partial charge in [0.05, 0.1) is 11.3 Å². The molecule has 2 nitrogen and oxygen atoms in total. The Morgan fingerprint density at radius 2 is 1.90 bits per heavy atom. The zero-order valence-electron chi connectivity index (χ0n) is 11.5. The van der Waals surface area contributed by atoms with E-state index in [1.54, 1.807) is 24.3 Å². The topological polar surface area (TPSA) is 36.7 Å². The maximum absolute atomic E-state index is 13.1. The van der Waals surface area contributed by atoms with Gasteiger partial charge >= 0.3 is 6.18 Å². The van der Waals surface area contributed by atoms with Crippen LogP contribution in [0.25, 0.3) is 11.3 Å². The fraction of sp³-hybridized carbons (Fsp3) is 0.250. The molecule has 5 heteroatoms. The number of hydrogen-bond acceptors (Lipinski definition) is 2. The molecule has 1 N–H and O–H groups in total. The van der Waals surface area contributed by atoms with Crippen molar-refractivity contribution in [1.82, 2.24) is 4.98 Å². The Bertz CT molecular complexity index is 635. The molecule has 0 amide bonds. The van der Waals surface area contributed by atoms with Crippen molar-refractivity contribution in [3.8, 4) is 11.3 Å². The Labute approximate surface area is 121 Å². The molecule has 0 aliphatic heterocycles. The van der Waals surface area contributed by atoms with Crippen LogP contribution in [-0.2, 0) is 6.18 Å². The van der Waals surface area contributed by atoms with Gasteiger partial charge in [-0.15, -0.1) is 0 Å². The highest BCUT2D eigenvalue weighted by Gasteiger charge is 2.34. The van der Waals surface area contributed by atoms with Crippen molar-refractivity contribution in [3.05, 3.63) is 53.7 Å². The van der Waals surface area contributed by atoms with Crippen LogP contribution in [-0.4, -0.2) is 11.2 Å². The normalized spacial score (nSPS) is 13.0.